The summed E-state index contributed by atoms with van der Waals surface area (Å²) in [4.78, 5) is 19.2. The minimum absolute atomic E-state index is 0.129. The molecular weight excluding hydrogens is 296 g/mol. The number of anilines is 3. The Bertz CT molecular complexity index is 556. The molecule has 5 nitrogen and oxygen atoms in total. The molecule has 1 amide bonds. The molecule has 0 bridgehead atoms. The highest BCUT2D eigenvalue weighted by Gasteiger charge is 2.00. The lowest BCUT2D eigenvalue weighted by Crippen LogP contribution is -2.06. The van der Waals surface area contributed by atoms with E-state index in [1.165, 1.54) is 6.92 Å². The van der Waals surface area contributed by atoms with Crippen molar-refractivity contribution in [3.8, 4) is 0 Å². The molecule has 0 unspecified atom stereocenters. The number of rotatable bonds is 3. The third-order valence-electron chi connectivity index (χ3n) is 2.06. The van der Waals surface area contributed by atoms with E-state index >= 15 is 0 Å². The van der Waals surface area contributed by atoms with E-state index in [0.717, 1.165) is 10.2 Å². The maximum Gasteiger partial charge on any atom is 0.221 e. The molecule has 0 aliphatic heterocycles. The van der Waals surface area contributed by atoms with Crippen molar-refractivity contribution in [3.05, 3.63) is 41.3 Å². The Labute approximate surface area is 113 Å². The summed E-state index contributed by atoms with van der Waals surface area (Å²) in [5.74, 6) is 0.579. The van der Waals surface area contributed by atoms with Gasteiger partial charge in [-0.25, -0.2) is 4.98 Å². The van der Waals surface area contributed by atoms with Gasteiger partial charge in [-0.05, 0) is 34.1 Å². The lowest BCUT2D eigenvalue weighted by molar-refractivity contribution is -0.114. The summed E-state index contributed by atoms with van der Waals surface area (Å²) in [7, 11) is 0. The summed E-state index contributed by atoms with van der Waals surface area (Å²) in [5.41, 5.74) is 1.40. The number of hydrogen-bond acceptors (Lipinski definition) is 4. The molecule has 2 aromatic heterocycles. The summed E-state index contributed by atoms with van der Waals surface area (Å²) < 4.78 is 0.915. The largest absolute Gasteiger partial charge is 0.339 e. The topological polar surface area (TPSA) is 66.9 Å². The van der Waals surface area contributed by atoms with Gasteiger partial charge in [0.05, 0.1) is 23.8 Å². The fraction of sp³-hybridized carbons (Fsp3) is 0.0833. The van der Waals surface area contributed by atoms with E-state index < -0.39 is 0 Å². The van der Waals surface area contributed by atoms with E-state index in [9.17, 15) is 4.79 Å². The minimum Gasteiger partial charge on any atom is -0.339 e. The summed E-state index contributed by atoms with van der Waals surface area (Å²) >= 11 is 3.32. The normalized spacial score (nSPS) is 9.89. The number of nitrogens with one attached hydrogen (secondary N) is 2. The lowest BCUT2D eigenvalue weighted by Gasteiger charge is -2.07. The number of pyridine rings is 2. The number of nitrogens with zero attached hydrogens (tertiary/aromatic N) is 2. The second kappa shape index (κ2) is 5.59. The molecule has 2 rings (SSSR count). The van der Waals surface area contributed by atoms with Crippen LogP contribution in [0.2, 0.25) is 0 Å². The van der Waals surface area contributed by atoms with E-state index in [-0.39, 0.29) is 5.91 Å². The maximum atomic E-state index is 10.9. The van der Waals surface area contributed by atoms with Gasteiger partial charge < -0.3 is 10.6 Å². The van der Waals surface area contributed by atoms with Crippen LogP contribution in [0.1, 0.15) is 6.92 Å². The Morgan fingerprint density at radius 2 is 2.00 bits per heavy atom. The van der Waals surface area contributed by atoms with Crippen molar-refractivity contribution in [2.75, 3.05) is 10.6 Å². The summed E-state index contributed by atoms with van der Waals surface area (Å²) in [6.07, 6.45) is 4.95. The molecule has 0 aliphatic carbocycles. The quantitative estimate of drug-likeness (QED) is 0.915. The third kappa shape index (κ3) is 3.53. The van der Waals surface area contributed by atoms with Crippen molar-refractivity contribution in [1.29, 1.82) is 0 Å². The van der Waals surface area contributed by atoms with Crippen LogP contribution in [0.25, 0.3) is 0 Å². The number of hydrogen-bond donors (Lipinski definition) is 2. The molecule has 0 aliphatic rings. The molecule has 0 saturated carbocycles. The Balaban J connectivity index is 2.13. The summed E-state index contributed by atoms with van der Waals surface area (Å²) in [6.45, 7) is 1.45. The average molecular weight is 307 g/mol. The minimum atomic E-state index is -0.129. The molecule has 92 valence electrons. The molecule has 0 fully saturated rings. The van der Waals surface area contributed by atoms with Crippen molar-refractivity contribution in [2.45, 2.75) is 6.92 Å². The zero-order chi connectivity index (χ0) is 13.0. The van der Waals surface area contributed by atoms with E-state index in [0.29, 0.717) is 11.5 Å². The van der Waals surface area contributed by atoms with Crippen LogP contribution in [0, 0.1) is 0 Å². The predicted octanol–water partition coefficient (Wildman–Crippen LogP) is 2.94. The number of amides is 1. The monoisotopic (exact) mass is 306 g/mol. The highest BCUT2D eigenvalue weighted by atomic mass is 79.9. The standard InChI is InChI=1S/C12H11BrN4O/c1-8(18)16-10-4-11(7-14-6-10)17-12-3-2-9(13)5-15-12/h2-7H,1H3,(H,15,17)(H,16,18). The van der Waals surface area contributed by atoms with Gasteiger partial charge in [0, 0.05) is 17.6 Å². The Morgan fingerprint density at radius 3 is 2.67 bits per heavy atom. The van der Waals surface area contributed by atoms with Crippen LogP contribution in [0.5, 0.6) is 0 Å². The average Bonchev–Trinajstić information content (AvgIpc) is 2.32. The molecule has 18 heavy (non-hydrogen) atoms. The van der Waals surface area contributed by atoms with Crippen molar-refractivity contribution < 1.29 is 4.79 Å². The number of halogens is 1. The van der Waals surface area contributed by atoms with Crippen molar-refractivity contribution >= 4 is 39.0 Å². The fourth-order valence-electron chi connectivity index (χ4n) is 1.38. The molecule has 0 radical (unpaired) electrons. The number of aromatic nitrogens is 2. The van der Waals surface area contributed by atoms with Gasteiger partial charge in [0.15, 0.2) is 0 Å². The van der Waals surface area contributed by atoms with Crippen LogP contribution in [-0.2, 0) is 4.79 Å². The predicted molar refractivity (Wildman–Crippen MR) is 73.8 cm³/mol. The maximum absolute atomic E-state index is 10.9. The van der Waals surface area contributed by atoms with E-state index in [2.05, 4.69) is 36.5 Å². The van der Waals surface area contributed by atoms with Gasteiger partial charge in [-0.1, -0.05) is 0 Å². The van der Waals surface area contributed by atoms with Crippen LogP contribution < -0.4 is 10.6 Å². The first-order chi connectivity index (χ1) is 8.63. The van der Waals surface area contributed by atoms with Crippen molar-refractivity contribution in [2.24, 2.45) is 0 Å². The second-order valence-electron chi connectivity index (χ2n) is 3.63. The van der Waals surface area contributed by atoms with E-state index in [1.54, 1.807) is 24.7 Å². The molecule has 0 atom stereocenters. The van der Waals surface area contributed by atoms with E-state index in [1.807, 2.05) is 12.1 Å². The van der Waals surface area contributed by atoms with Crippen molar-refractivity contribution in [3.63, 3.8) is 0 Å². The van der Waals surface area contributed by atoms with Crippen LogP contribution in [0.15, 0.2) is 41.3 Å². The second-order valence-corrected chi connectivity index (χ2v) is 4.55. The van der Waals surface area contributed by atoms with Gasteiger partial charge in [0.2, 0.25) is 5.91 Å². The zero-order valence-corrected chi connectivity index (χ0v) is 11.2. The highest BCUT2D eigenvalue weighted by Crippen LogP contribution is 2.18. The van der Waals surface area contributed by atoms with Gasteiger partial charge >= 0.3 is 0 Å². The Kier molecular flexibility index (Phi) is 3.88. The smallest absolute Gasteiger partial charge is 0.221 e. The lowest BCUT2D eigenvalue weighted by atomic mass is 10.3. The van der Waals surface area contributed by atoms with Gasteiger partial charge in [-0.15, -0.1) is 0 Å². The summed E-state index contributed by atoms with van der Waals surface area (Å²) in [6, 6.07) is 5.52. The van der Waals surface area contributed by atoms with Crippen LogP contribution in [0.3, 0.4) is 0 Å². The molecular formula is C12H11BrN4O. The number of carbonyl (C=O) groups excluding carboxylic acids is 1. The first kappa shape index (κ1) is 12.5. The molecule has 0 aromatic carbocycles. The summed E-state index contributed by atoms with van der Waals surface area (Å²) in [5, 5.41) is 5.77. The Hall–Kier alpha value is -1.95. The molecule has 0 spiro atoms. The zero-order valence-electron chi connectivity index (χ0n) is 9.64. The molecule has 2 aromatic rings. The third-order valence-corrected chi connectivity index (χ3v) is 2.53. The number of carbonyl (C=O) groups is 1. The van der Waals surface area contributed by atoms with Crippen LogP contribution in [0.4, 0.5) is 17.2 Å². The first-order valence-corrected chi connectivity index (χ1v) is 6.04. The fourth-order valence-corrected chi connectivity index (χ4v) is 1.61. The molecule has 2 heterocycles. The van der Waals surface area contributed by atoms with Crippen LogP contribution in [-0.4, -0.2) is 15.9 Å². The van der Waals surface area contributed by atoms with E-state index in [4.69, 9.17) is 0 Å². The van der Waals surface area contributed by atoms with Gasteiger partial charge in [0.25, 0.3) is 0 Å². The van der Waals surface area contributed by atoms with Crippen molar-refractivity contribution in [1.82, 2.24) is 9.97 Å². The van der Waals surface area contributed by atoms with Crippen LogP contribution >= 0.6 is 15.9 Å². The van der Waals surface area contributed by atoms with Gasteiger partial charge in [-0.3, -0.25) is 9.78 Å². The Morgan fingerprint density at radius 1 is 1.22 bits per heavy atom. The first-order valence-electron chi connectivity index (χ1n) is 5.25. The molecule has 0 saturated heterocycles. The SMILES string of the molecule is CC(=O)Nc1cncc(Nc2ccc(Br)cn2)c1. The van der Waals surface area contributed by atoms with Gasteiger partial charge in [-0.2, -0.15) is 0 Å². The highest BCUT2D eigenvalue weighted by molar-refractivity contribution is 9.10. The molecule has 6 heteroatoms. The van der Waals surface area contributed by atoms with Gasteiger partial charge in [0.1, 0.15) is 5.82 Å². The molecule has 2 N–H and O–H groups in total.